The molecule has 1 saturated heterocycles. The molecule has 1 heterocycles. The summed E-state index contributed by atoms with van der Waals surface area (Å²) in [7, 11) is 0. The summed E-state index contributed by atoms with van der Waals surface area (Å²) in [6, 6.07) is -6.94. The molecule has 0 aromatic heterocycles. The first-order valence-electron chi connectivity index (χ1n) is 27.7. The smallest absolute Gasteiger partial charge is 0.326 e. The highest BCUT2D eigenvalue weighted by Crippen LogP contribution is 2.13. The van der Waals surface area contributed by atoms with Gasteiger partial charge in [-0.2, -0.15) is 11.8 Å². The third-order valence-corrected chi connectivity index (χ3v) is 14.1. The molecule has 1 aliphatic heterocycles. The molecule has 480 valence electrons. The van der Waals surface area contributed by atoms with E-state index in [0.29, 0.717) is 24.3 Å². The van der Waals surface area contributed by atoms with Gasteiger partial charge in [-0.15, -0.1) is 0 Å². The number of hydrogen-bond donors (Lipinski definition) is 20. The van der Waals surface area contributed by atoms with Crippen LogP contribution in [-0.4, -0.2) is 215 Å². The van der Waals surface area contributed by atoms with Crippen LogP contribution in [0.5, 0.6) is 0 Å². The molecule has 1 aromatic carbocycles. The number of primary amides is 2. The van der Waals surface area contributed by atoms with E-state index in [9.17, 15) is 82.8 Å². The zero-order valence-corrected chi connectivity index (χ0v) is 49.2. The lowest BCUT2D eigenvalue weighted by Crippen LogP contribution is -2.62. The molecule has 12 amide bonds. The lowest BCUT2D eigenvalue weighted by molar-refractivity contribution is -0.142. The number of benzene rings is 1. The number of aliphatic hydroxyl groups excluding tert-OH is 3. The molecule has 12 atom stereocenters. The van der Waals surface area contributed by atoms with E-state index in [-0.39, 0.29) is 38.6 Å². The first-order chi connectivity index (χ1) is 40.6. The van der Waals surface area contributed by atoms with Gasteiger partial charge in [-0.3, -0.25) is 62.9 Å². The monoisotopic (exact) mass is 1240 g/mol. The highest BCUT2D eigenvalue weighted by atomic mass is 32.2. The number of carboxylic acid groups (broad SMARTS) is 1. The lowest BCUT2D eigenvalue weighted by atomic mass is 9.96. The van der Waals surface area contributed by atoms with E-state index in [0.717, 1.165) is 13.3 Å². The number of carbonyl (C=O) groups excluding carboxylic acids is 12. The first-order valence-corrected chi connectivity index (χ1v) is 29.1. The predicted octanol–water partition coefficient (Wildman–Crippen LogP) is -7.89. The fourth-order valence-corrected chi connectivity index (χ4v) is 8.85. The molecule has 1 aromatic rings. The summed E-state index contributed by atoms with van der Waals surface area (Å²) in [4.78, 5) is 172. The second-order valence-corrected chi connectivity index (χ2v) is 21.3. The van der Waals surface area contributed by atoms with Gasteiger partial charge in [0.2, 0.25) is 70.9 Å². The maximum Gasteiger partial charge on any atom is 0.326 e. The first kappa shape index (κ1) is 73.9. The third kappa shape index (κ3) is 26.8. The van der Waals surface area contributed by atoms with Gasteiger partial charge in [-0.05, 0) is 75.5 Å². The van der Waals surface area contributed by atoms with Crippen molar-refractivity contribution >= 4 is 94.6 Å². The van der Waals surface area contributed by atoms with Crippen molar-refractivity contribution in [3.05, 3.63) is 35.9 Å². The van der Waals surface area contributed by atoms with Crippen molar-refractivity contribution < 1.29 is 82.8 Å². The molecule has 34 heteroatoms. The Balaban J connectivity index is 2.41. The summed E-state index contributed by atoms with van der Waals surface area (Å²) in [6.07, 6.45) is -1.06. The molecule has 1 aliphatic rings. The lowest BCUT2D eigenvalue weighted by Gasteiger charge is -2.29. The van der Waals surface area contributed by atoms with Crippen molar-refractivity contribution in [1.29, 1.82) is 5.41 Å². The Labute approximate surface area is 500 Å². The molecule has 0 radical (unpaired) electrons. The van der Waals surface area contributed by atoms with E-state index < -0.39 is 194 Å². The average Bonchev–Trinajstić information content (AvgIpc) is 3.92. The number of carbonyl (C=O) groups is 13. The number of amides is 12. The molecule has 23 N–H and O–H groups in total. The highest BCUT2D eigenvalue weighted by Gasteiger charge is 2.38. The molecular weight excluding hydrogens is 1150 g/mol. The van der Waals surface area contributed by atoms with Crippen molar-refractivity contribution in [1.82, 2.24) is 63.8 Å². The van der Waals surface area contributed by atoms with Crippen LogP contribution in [0, 0.1) is 11.3 Å². The second kappa shape index (κ2) is 38.7. The van der Waals surface area contributed by atoms with Gasteiger partial charge in [-0.25, -0.2) is 4.79 Å². The van der Waals surface area contributed by atoms with Gasteiger partial charge in [0.15, 0.2) is 5.96 Å². The largest absolute Gasteiger partial charge is 0.480 e. The maximum atomic E-state index is 14.4. The normalized spacial score (nSPS) is 16.5. The van der Waals surface area contributed by atoms with Crippen molar-refractivity contribution in [3.63, 3.8) is 0 Å². The Hall–Kier alpha value is -8.21. The van der Waals surface area contributed by atoms with Crippen molar-refractivity contribution in [3.8, 4) is 0 Å². The van der Waals surface area contributed by atoms with Crippen LogP contribution in [0.3, 0.4) is 0 Å². The maximum absolute atomic E-state index is 14.4. The van der Waals surface area contributed by atoms with Crippen LogP contribution in [-0.2, 0) is 68.7 Å². The molecule has 0 aliphatic carbocycles. The molecular formula is C52H84N16O17S. The Kier molecular flexibility index (Phi) is 33.2. The van der Waals surface area contributed by atoms with Gasteiger partial charge in [0.25, 0.3) is 0 Å². The zero-order chi connectivity index (χ0) is 64.6. The van der Waals surface area contributed by atoms with Gasteiger partial charge in [0.05, 0.1) is 38.3 Å². The summed E-state index contributed by atoms with van der Waals surface area (Å²) in [5, 5.41) is 76.8. The standard InChI is InChI=1S/C52H84N16O17S/c1-5-26(2)40(67-46(79)33(21-28-11-7-6-8-12-28)60-39(74)23-59-42(75)35(24-69)65-43(76)29-13-9-18-57-29)49(82)61-30(14-10-19-58-52(55)56)44(77)64-34(22-38(54)73)47(80)68-41(27(3)71)50(83)62-31(15-16-37(53)72)45(78)66-36(25-70)48(81)63-32(51(84)85)17-20-86-4/h6-8,11-12,26-27,29-36,40-41,57,69-71H,5,9-10,13-25H2,1-4H3,(H2,53,72)(H2,54,73)(H,59,75)(H,60,74)(H,61,82)(H,62,83)(H,63,81)(H,64,77)(H,65,76)(H,66,78)(H,67,79)(H,68,80)(H,84,85)(H4,55,56,58)/t26-,27+,29-,30-,31-,32-,33-,34-,35-,36-,40-,41-/m0/s1. The highest BCUT2D eigenvalue weighted by molar-refractivity contribution is 7.98. The van der Waals surface area contributed by atoms with E-state index in [1.807, 2.05) is 0 Å². The fourth-order valence-electron chi connectivity index (χ4n) is 8.38. The van der Waals surface area contributed by atoms with Gasteiger partial charge in [-0.1, -0.05) is 50.6 Å². The van der Waals surface area contributed by atoms with Crippen molar-refractivity contribution in [2.75, 3.05) is 44.9 Å². The molecule has 1 fully saturated rings. The fraction of sp³-hybridized carbons (Fsp3) is 0.615. The number of nitrogens with one attached hydrogen (secondary N) is 13. The molecule has 2 rings (SSSR count). The number of nitrogens with two attached hydrogens (primary N) is 3. The van der Waals surface area contributed by atoms with Crippen LogP contribution >= 0.6 is 11.8 Å². The van der Waals surface area contributed by atoms with Gasteiger partial charge < -0.3 is 101 Å². The van der Waals surface area contributed by atoms with Crippen molar-refractivity contribution in [2.24, 2.45) is 23.1 Å². The number of hydrogen-bond acceptors (Lipinski definition) is 19. The summed E-state index contributed by atoms with van der Waals surface area (Å²) in [6.45, 7) is 2.34. The topological polar surface area (TPSA) is 549 Å². The molecule has 0 unspecified atom stereocenters. The number of aliphatic hydroxyl groups is 3. The second-order valence-electron chi connectivity index (χ2n) is 20.3. The van der Waals surface area contributed by atoms with Crippen LogP contribution in [0.4, 0.5) is 0 Å². The van der Waals surface area contributed by atoms with Gasteiger partial charge in [0, 0.05) is 19.4 Å². The summed E-state index contributed by atoms with van der Waals surface area (Å²) in [5.74, 6) is -14.5. The number of guanidine groups is 1. The SMILES string of the molecule is CC[C@H](C)[C@H](NC(=O)[C@H](Cc1ccccc1)NC(=O)CNC(=O)[C@H](CO)NC(=O)[C@@H]1CCCN1)C(=O)N[C@@H](CCCNC(=N)N)C(=O)N[C@@H](CC(N)=O)C(=O)N[C@H](C(=O)N[C@@H](CCC(N)=O)C(=O)N[C@@H](CO)C(=O)N[C@@H](CCSC)C(=O)O)[C@@H](C)O. The minimum absolute atomic E-state index is 0.00932. The molecule has 0 bridgehead atoms. The number of rotatable bonds is 40. The quantitative estimate of drug-likeness (QED) is 0.0165. The number of aliphatic carboxylic acids is 1. The Morgan fingerprint density at radius 2 is 1.17 bits per heavy atom. The van der Waals surface area contributed by atoms with Gasteiger partial charge in [0.1, 0.15) is 54.4 Å². The Morgan fingerprint density at radius 1 is 0.640 bits per heavy atom. The van der Waals surface area contributed by atoms with Crippen LogP contribution in [0.2, 0.25) is 0 Å². The Morgan fingerprint density at radius 3 is 1.71 bits per heavy atom. The molecule has 86 heavy (non-hydrogen) atoms. The van der Waals surface area contributed by atoms with Crippen LogP contribution < -0.4 is 81.0 Å². The summed E-state index contributed by atoms with van der Waals surface area (Å²) >= 11 is 1.29. The van der Waals surface area contributed by atoms with Crippen LogP contribution in [0.1, 0.15) is 84.1 Å². The Bertz CT molecular complexity index is 2510. The minimum Gasteiger partial charge on any atom is -0.480 e. The van der Waals surface area contributed by atoms with Crippen molar-refractivity contribution in [2.45, 2.75) is 152 Å². The van der Waals surface area contributed by atoms with E-state index in [4.69, 9.17) is 22.6 Å². The van der Waals surface area contributed by atoms with Gasteiger partial charge >= 0.3 is 5.97 Å². The predicted molar refractivity (Wildman–Crippen MR) is 309 cm³/mol. The van der Waals surface area contributed by atoms with E-state index >= 15 is 0 Å². The molecule has 0 saturated carbocycles. The molecule has 0 spiro atoms. The van der Waals surface area contributed by atoms with Crippen LogP contribution in [0.25, 0.3) is 0 Å². The van der Waals surface area contributed by atoms with E-state index in [1.54, 1.807) is 50.4 Å². The summed E-state index contributed by atoms with van der Waals surface area (Å²) in [5.41, 5.74) is 16.8. The van der Waals surface area contributed by atoms with E-state index in [2.05, 4.69) is 63.8 Å². The number of carboxylic acids is 1. The minimum atomic E-state index is -2.01. The third-order valence-electron chi connectivity index (χ3n) is 13.4. The zero-order valence-electron chi connectivity index (χ0n) is 48.4. The summed E-state index contributed by atoms with van der Waals surface area (Å²) < 4.78 is 0. The van der Waals surface area contributed by atoms with Crippen LogP contribution in [0.15, 0.2) is 30.3 Å². The average molecular weight is 1240 g/mol. The number of thioether (sulfide) groups is 1. The molecule has 33 nitrogen and oxygen atoms in total. The van der Waals surface area contributed by atoms with E-state index in [1.165, 1.54) is 11.8 Å².